The summed E-state index contributed by atoms with van der Waals surface area (Å²) in [6, 6.07) is 0.447. The van der Waals surface area contributed by atoms with Crippen molar-refractivity contribution >= 4 is 0 Å². The molecule has 0 radical (unpaired) electrons. The lowest BCUT2D eigenvalue weighted by atomic mass is 9.89. The minimum absolute atomic E-state index is 0.177. The number of nitrogens with one attached hydrogen (secondary N) is 1. The Labute approximate surface area is 129 Å². The highest BCUT2D eigenvalue weighted by atomic mass is 15.2. The molecule has 4 heteroatoms. The molecule has 0 aromatic carbocycles. The van der Waals surface area contributed by atoms with Gasteiger partial charge in [-0.2, -0.15) is 0 Å². The van der Waals surface area contributed by atoms with E-state index in [0.717, 1.165) is 19.5 Å². The van der Waals surface area contributed by atoms with Crippen molar-refractivity contribution in [2.24, 2.45) is 0 Å². The summed E-state index contributed by atoms with van der Waals surface area (Å²) < 4.78 is 2.26. The number of nitrogens with zero attached hydrogens (tertiary/aromatic N) is 3. The first-order valence-electron chi connectivity index (χ1n) is 8.58. The molecule has 1 aliphatic rings. The van der Waals surface area contributed by atoms with E-state index >= 15 is 0 Å². The van der Waals surface area contributed by atoms with Crippen LogP contribution < -0.4 is 5.32 Å². The summed E-state index contributed by atoms with van der Waals surface area (Å²) in [5.41, 5.74) is 0.177. The lowest BCUT2D eigenvalue weighted by Crippen LogP contribution is -2.58. The fourth-order valence-corrected chi connectivity index (χ4v) is 3.40. The van der Waals surface area contributed by atoms with Crippen LogP contribution in [0.4, 0.5) is 0 Å². The molecule has 4 nitrogen and oxygen atoms in total. The number of hydrogen-bond donors (Lipinski definition) is 1. The Balaban J connectivity index is 2.13. The van der Waals surface area contributed by atoms with Crippen molar-refractivity contribution in [3.63, 3.8) is 0 Å². The summed E-state index contributed by atoms with van der Waals surface area (Å²) in [6.07, 6.45) is 8.88. The van der Waals surface area contributed by atoms with Gasteiger partial charge in [0, 0.05) is 36.9 Å². The lowest BCUT2D eigenvalue weighted by Gasteiger charge is -2.42. The third-order valence-electron chi connectivity index (χ3n) is 4.94. The van der Waals surface area contributed by atoms with Crippen LogP contribution in [-0.2, 0) is 13.0 Å². The van der Waals surface area contributed by atoms with Crippen molar-refractivity contribution in [1.82, 2.24) is 19.8 Å². The number of imidazole rings is 1. The predicted octanol–water partition coefficient (Wildman–Crippen LogP) is 2.69. The Kier molecular flexibility index (Phi) is 5.82. The van der Waals surface area contributed by atoms with Crippen molar-refractivity contribution in [3.05, 3.63) is 18.2 Å². The molecule has 0 bridgehead atoms. The van der Waals surface area contributed by atoms with E-state index in [4.69, 9.17) is 0 Å². The maximum Gasteiger partial charge on any atom is 0.110 e. The van der Waals surface area contributed by atoms with Crippen LogP contribution in [0, 0.1) is 0 Å². The SMILES string of the molecule is CCCNC(Cc1nccn1CC)C(C)(C)N1CCCC1. The molecule has 2 heterocycles. The molecule has 1 aromatic rings. The third kappa shape index (κ3) is 3.86. The monoisotopic (exact) mass is 292 g/mol. The molecule has 2 rings (SSSR count). The van der Waals surface area contributed by atoms with Crippen LogP contribution in [-0.4, -0.2) is 45.7 Å². The van der Waals surface area contributed by atoms with Gasteiger partial charge in [0.25, 0.3) is 0 Å². The van der Waals surface area contributed by atoms with Gasteiger partial charge in [0.05, 0.1) is 0 Å². The van der Waals surface area contributed by atoms with Gasteiger partial charge in [0.1, 0.15) is 5.82 Å². The Morgan fingerprint density at radius 3 is 2.62 bits per heavy atom. The highest BCUT2D eigenvalue weighted by Crippen LogP contribution is 2.26. The van der Waals surface area contributed by atoms with Gasteiger partial charge < -0.3 is 9.88 Å². The molecule has 0 saturated carbocycles. The fraction of sp³-hybridized carbons (Fsp3) is 0.824. The van der Waals surface area contributed by atoms with Crippen LogP contribution in [0.5, 0.6) is 0 Å². The number of rotatable bonds is 8. The molecule has 1 unspecified atom stereocenters. The first-order valence-corrected chi connectivity index (χ1v) is 8.58. The van der Waals surface area contributed by atoms with Crippen molar-refractivity contribution in [1.29, 1.82) is 0 Å². The normalized spacial score (nSPS) is 18.3. The van der Waals surface area contributed by atoms with Crippen LogP contribution in [0.15, 0.2) is 12.4 Å². The van der Waals surface area contributed by atoms with Gasteiger partial charge in [-0.15, -0.1) is 0 Å². The van der Waals surface area contributed by atoms with E-state index in [1.54, 1.807) is 0 Å². The molecule has 1 atom stereocenters. The Bertz CT molecular complexity index is 418. The average Bonchev–Trinajstić information content (AvgIpc) is 3.14. The molecule has 1 aromatic heterocycles. The molecule has 0 spiro atoms. The summed E-state index contributed by atoms with van der Waals surface area (Å²) in [5, 5.41) is 3.78. The zero-order valence-electron chi connectivity index (χ0n) is 14.2. The summed E-state index contributed by atoms with van der Waals surface area (Å²) in [4.78, 5) is 7.23. The number of aryl methyl sites for hydroxylation is 1. The molecule has 1 fully saturated rings. The summed E-state index contributed by atoms with van der Waals surface area (Å²) in [6.45, 7) is 13.8. The van der Waals surface area contributed by atoms with Crippen molar-refractivity contribution in [3.8, 4) is 0 Å². The second-order valence-corrected chi connectivity index (χ2v) is 6.69. The second kappa shape index (κ2) is 7.41. The molecular weight excluding hydrogens is 260 g/mol. The molecule has 21 heavy (non-hydrogen) atoms. The number of likely N-dealkylation sites (tertiary alicyclic amines) is 1. The van der Waals surface area contributed by atoms with Crippen molar-refractivity contribution < 1.29 is 0 Å². The molecule has 1 N–H and O–H groups in total. The number of hydrogen-bond acceptors (Lipinski definition) is 3. The van der Waals surface area contributed by atoms with Crippen LogP contribution in [0.25, 0.3) is 0 Å². The minimum atomic E-state index is 0.177. The van der Waals surface area contributed by atoms with Gasteiger partial charge in [-0.3, -0.25) is 4.90 Å². The van der Waals surface area contributed by atoms with Gasteiger partial charge in [-0.1, -0.05) is 6.92 Å². The van der Waals surface area contributed by atoms with Crippen LogP contribution >= 0.6 is 0 Å². The van der Waals surface area contributed by atoms with Gasteiger partial charge in [0.15, 0.2) is 0 Å². The van der Waals surface area contributed by atoms with Crippen LogP contribution in [0.2, 0.25) is 0 Å². The van der Waals surface area contributed by atoms with Crippen LogP contribution in [0.1, 0.15) is 52.8 Å². The fourth-order valence-electron chi connectivity index (χ4n) is 3.40. The standard InChI is InChI=1S/C17H32N4/c1-5-9-18-15(14-16-19-10-13-20(16)6-2)17(3,4)21-11-7-8-12-21/h10,13,15,18H,5-9,11-12,14H2,1-4H3. The van der Waals surface area contributed by atoms with Gasteiger partial charge in [0.2, 0.25) is 0 Å². The number of aromatic nitrogens is 2. The first kappa shape index (κ1) is 16.5. The predicted molar refractivity (Wildman–Crippen MR) is 88.6 cm³/mol. The van der Waals surface area contributed by atoms with E-state index in [0.29, 0.717) is 6.04 Å². The largest absolute Gasteiger partial charge is 0.335 e. The van der Waals surface area contributed by atoms with E-state index in [1.807, 2.05) is 6.20 Å². The van der Waals surface area contributed by atoms with E-state index in [1.165, 1.54) is 38.2 Å². The lowest BCUT2D eigenvalue weighted by molar-refractivity contribution is 0.105. The summed E-state index contributed by atoms with van der Waals surface area (Å²) >= 11 is 0. The van der Waals surface area contributed by atoms with E-state index in [2.05, 4.69) is 53.7 Å². The molecule has 0 aliphatic carbocycles. The average molecular weight is 292 g/mol. The molecular formula is C17H32N4. The van der Waals surface area contributed by atoms with Gasteiger partial charge in [-0.05, 0) is 59.7 Å². The maximum atomic E-state index is 4.58. The van der Waals surface area contributed by atoms with E-state index in [-0.39, 0.29) is 5.54 Å². The molecule has 1 aliphatic heterocycles. The van der Waals surface area contributed by atoms with Crippen LogP contribution in [0.3, 0.4) is 0 Å². The molecule has 0 amide bonds. The second-order valence-electron chi connectivity index (χ2n) is 6.69. The first-order chi connectivity index (χ1) is 10.1. The summed E-state index contributed by atoms with van der Waals surface area (Å²) in [7, 11) is 0. The Hall–Kier alpha value is -0.870. The van der Waals surface area contributed by atoms with Crippen molar-refractivity contribution in [2.45, 2.75) is 71.5 Å². The van der Waals surface area contributed by atoms with Gasteiger partial charge in [-0.25, -0.2) is 4.98 Å². The smallest absolute Gasteiger partial charge is 0.110 e. The van der Waals surface area contributed by atoms with E-state index < -0.39 is 0 Å². The highest BCUT2D eigenvalue weighted by molar-refractivity contribution is 5.03. The Morgan fingerprint density at radius 2 is 2.00 bits per heavy atom. The third-order valence-corrected chi connectivity index (χ3v) is 4.94. The summed E-state index contributed by atoms with van der Waals surface area (Å²) in [5.74, 6) is 1.21. The quantitative estimate of drug-likeness (QED) is 0.800. The molecule has 1 saturated heterocycles. The zero-order valence-corrected chi connectivity index (χ0v) is 14.2. The van der Waals surface area contributed by atoms with Crippen molar-refractivity contribution in [2.75, 3.05) is 19.6 Å². The molecule has 120 valence electrons. The van der Waals surface area contributed by atoms with Gasteiger partial charge >= 0.3 is 0 Å². The zero-order chi connectivity index (χ0) is 15.3. The topological polar surface area (TPSA) is 33.1 Å². The van der Waals surface area contributed by atoms with E-state index in [9.17, 15) is 0 Å². The maximum absolute atomic E-state index is 4.58. The highest BCUT2D eigenvalue weighted by Gasteiger charge is 2.36. The minimum Gasteiger partial charge on any atom is -0.335 e. The Morgan fingerprint density at radius 1 is 1.29 bits per heavy atom.